The van der Waals surface area contributed by atoms with Gasteiger partial charge in [0.15, 0.2) is 0 Å². The fourth-order valence-corrected chi connectivity index (χ4v) is 3.00. The number of hydrazine groups is 1. The number of carbonyl (C=O) groups excluding carboxylic acids is 3. The molecule has 0 spiro atoms. The molecule has 2 unspecified atom stereocenters. The third-order valence-electron chi connectivity index (χ3n) is 4.30. The van der Waals surface area contributed by atoms with Crippen LogP contribution in [0.4, 0.5) is 14.9 Å². The van der Waals surface area contributed by atoms with Crippen LogP contribution in [0.3, 0.4) is 0 Å². The number of hydrogen-bond donors (Lipinski definition) is 3. The molecule has 9 nitrogen and oxygen atoms in total. The Morgan fingerprint density at radius 2 is 2.15 bits per heavy atom. The van der Waals surface area contributed by atoms with Crippen LogP contribution < -0.4 is 21.0 Å². The molecule has 0 aromatic heterocycles. The Morgan fingerprint density at radius 1 is 1.37 bits per heavy atom. The lowest BCUT2D eigenvalue weighted by Crippen LogP contribution is -2.60. The molecule has 0 radical (unpaired) electrons. The lowest BCUT2D eigenvalue weighted by Gasteiger charge is -2.34. The molecule has 2 aliphatic rings. The molecule has 0 saturated carbocycles. The van der Waals surface area contributed by atoms with Crippen LogP contribution in [0.5, 0.6) is 0 Å². The average molecular weight is 379 g/mol. The fraction of sp³-hybridized carbons (Fsp3) is 0.471. The largest absolute Gasteiger partial charge is 0.441 e. The van der Waals surface area contributed by atoms with Crippen molar-refractivity contribution in [2.24, 2.45) is 0 Å². The highest BCUT2D eigenvalue weighted by Crippen LogP contribution is 2.25. The van der Waals surface area contributed by atoms with Crippen molar-refractivity contribution < 1.29 is 23.5 Å². The average Bonchev–Trinajstić information content (AvgIpc) is 3.03. The smallest absolute Gasteiger partial charge is 0.429 e. The number of piperazine rings is 1. The highest BCUT2D eigenvalue weighted by molar-refractivity contribution is 5.99. The second-order valence-corrected chi connectivity index (χ2v) is 6.34. The maximum atomic E-state index is 14.4. The lowest BCUT2D eigenvalue weighted by atomic mass is 10.2. The van der Waals surface area contributed by atoms with E-state index in [1.165, 1.54) is 25.1 Å². The summed E-state index contributed by atoms with van der Waals surface area (Å²) in [5.74, 6) is -1.36. The zero-order valence-electron chi connectivity index (χ0n) is 14.9. The Labute approximate surface area is 155 Å². The summed E-state index contributed by atoms with van der Waals surface area (Å²) in [5.41, 5.74) is -0.0352. The van der Waals surface area contributed by atoms with E-state index in [0.29, 0.717) is 19.6 Å². The van der Waals surface area contributed by atoms with E-state index >= 15 is 0 Å². The van der Waals surface area contributed by atoms with Gasteiger partial charge in [0.25, 0.3) is 5.91 Å². The van der Waals surface area contributed by atoms with Crippen LogP contribution in [0.2, 0.25) is 0 Å². The lowest BCUT2D eigenvalue weighted by molar-refractivity contribution is -0.123. The second-order valence-electron chi connectivity index (χ2n) is 6.34. The van der Waals surface area contributed by atoms with Gasteiger partial charge in [0.1, 0.15) is 23.7 Å². The summed E-state index contributed by atoms with van der Waals surface area (Å²) in [6.07, 6.45) is -1.41. The topological polar surface area (TPSA) is 103 Å². The molecule has 27 heavy (non-hydrogen) atoms. The minimum absolute atomic E-state index is 0.0132. The van der Waals surface area contributed by atoms with Gasteiger partial charge in [-0.3, -0.25) is 9.59 Å². The fourth-order valence-electron chi connectivity index (χ4n) is 3.00. The maximum absolute atomic E-state index is 14.4. The molecule has 2 atom stereocenters. The van der Waals surface area contributed by atoms with Crippen molar-refractivity contribution in [2.45, 2.75) is 19.1 Å². The minimum Gasteiger partial charge on any atom is -0.441 e. The van der Waals surface area contributed by atoms with Gasteiger partial charge < -0.3 is 20.7 Å². The van der Waals surface area contributed by atoms with Gasteiger partial charge >= 0.3 is 6.09 Å². The van der Waals surface area contributed by atoms with Crippen LogP contribution in [0, 0.1) is 5.82 Å². The predicted octanol–water partition coefficient (Wildman–Crippen LogP) is -0.408. The van der Waals surface area contributed by atoms with Crippen LogP contribution >= 0.6 is 0 Å². The molecule has 2 fully saturated rings. The molecule has 3 rings (SSSR count). The Hall–Kier alpha value is -2.72. The maximum Gasteiger partial charge on any atom is 0.429 e. The number of amides is 3. The monoisotopic (exact) mass is 379 g/mol. The first-order chi connectivity index (χ1) is 13.0. The summed E-state index contributed by atoms with van der Waals surface area (Å²) < 4.78 is 19.7. The van der Waals surface area contributed by atoms with Gasteiger partial charge in [-0.2, -0.15) is 0 Å². The van der Waals surface area contributed by atoms with Gasteiger partial charge in [0, 0.05) is 26.6 Å². The Bertz CT molecular complexity index is 725. The van der Waals surface area contributed by atoms with Crippen molar-refractivity contribution in [3.05, 3.63) is 30.1 Å². The molecule has 0 aliphatic carbocycles. The Kier molecular flexibility index (Phi) is 5.87. The molecule has 146 valence electrons. The SMILES string of the molecule is CC(=O)NCC1CN(N(C(=O)C2CNCCN2)c2ccccc2F)C(=O)O1. The highest BCUT2D eigenvalue weighted by atomic mass is 19.1. The molecule has 1 aromatic rings. The normalized spacial score (nSPS) is 22.3. The van der Waals surface area contributed by atoms with E-state index in [-0.39, 0.29) is 24.7 Å². The van der Waals surface area contributed by atoms with E-state index in [2.05, 4.69) is 16.0 Å². The number of para-hydroxylation sites is 1. The Balaban J connectivity index is 1.85. The van der Waals surface area contributed by atoms with E-state index in [9.17, 15) is 18.8 Å². The quantitative estimate of drug-likeness (QED) is 0.643. The minimum atomic E-state index is -0.772. The van der Waals surface area contributed by atoms with Crippen molar-refractivity contribution in [3.8, 4) is 0 Å². The molecule has 2 heterocycles. The van der Waals surface area contributed by atoms with Crippen molar-refractivity contribution in [1.82, 2.24) is 21.0 Å². The van der Waals surface area contributed by atoms with Crippen LogP contribution in [0.1, 0.15) is 6.92 Å². The number of rotatable bonds is 5. The zero-order chi connectivity index (χ0) is 19.4. The molecule has 10 heteroatoms. The highest BCUT2D eigenvalue weighted by Gasteiger charge is 2.41. The van der Waals surface area contributed by atoms with E-state index in [0.717, 1.165) is 10.0 Å². The molecular formula is C17H22FN5O4. The molecule has 2 saturated heterocycles. The number of ether oxygens (including phenoxy) is 1. The van der Waals surface area contributed by atoms with Crippen molar-refractivity contribution in [1.29, 1.82) is 0 Å². The number of nitrogens with zero attached hydrogens (tertiary/aromatic N) is 2. The number of halogens is 1. The van der Waals surface area contributed by atoms with E-state index in [1.807, 2.05) is 0 Å². The number of cyclic esters (lactones) is 1. The summed E-state index contributed by atoms with van der Waals surface area (Å²) in [4.78, 5) is 36.6. The summed E-state index contributed by atoms with van der Waals surface area (Å²) >= 11 is 0. The van der Waals surface area contributed by atoms with Crippen molar-refractivity contribution in [2.75, 3.05) is 37.7 Å². The van der Waals surface area contributed by atoms with Crippen LogP contribution in [0.25, 0.3) is 0 Å². The predicted molar refractivity (Wildman–Crippen MR) is 94.2 cm³/mol. The third-order valence-corrected chi connectivity index (χ3v) is 4.30. The third kappa shape index (κ3) is 4.34. The van der Waals surface area contributed by atoms with Crippen LogP contribution in [0.15, 0.2) is 24.3 Å². The standard InChI is InChI=1S/C17H22FN5O4/c1-11(24)21-8-12-10-22(17(26)27-12)23(15-5-3-2-4-13(15)18)16(25)14-9-19-6-7-20-14/h2-5,12,14,19-20H,6-10H2,1H3,(H,21,24). The summed E-state index contributed by atoms with van der Waals surface area (Å²) in [5, 5.41) is 10.8. The van der Waals surface area contributed by atoms with Gasteiger partial charge in [-0.05, 0) is 12.1 Å². The number of hydrogen-bond acceptors (Lipinski definition) is 6. The first-order valence-electron chi connectivity index (χ1n) is 8.72. The van der Waals surface area contributed by atoms with Gasteiger partial charge in [-0.1, -0.05) is 12.1 Å². The van der Waals surface area contributed by atoms with Gasteiger partial charge in [-0.15, -0.1) is 0 Å². The van der Waals surface area contributed by atoms with E-state index < -0.39 is 30.0 Å². The van der Waals surface area contributed by atoms with Gasteiger partial charge in [-0.25, -0.2) is 19.2 Å². The molecule has 0 bridgehead atoms. The molecule has 3 N–H and O–H groups in total. The number of benzene rings is 1. The molecule has 3 amide bonds. The van der Waals surface area contributed by atoms with Crippen LogP contribution in [-0.4, -0.2) is 67.8 Å². The van der Waals surface area contributed by atoms with E-state index in [1.54, 1.807) is 6.07 Å². The second kappa shape index (κ2) is 8.31. The summed E-state index contributed by atoms with van der Waals surface area (Å²) in [7, 11) is 0. The summed E-state index contributed by atoms with van der Waals surface area (Å²) in [6, 6.07) is 5.13. The molecular weight excluding hydrogens is 357 g/mol. The Morgan fingerprint density at radius 3 is 2.81 bits per heavy atom. The molecule has 2 aliphatic heterocycles. The first kappa shape index (κ1) is 19.1. The zero-order valence-corrected chi connectivity index (χ0v) is 14.9. The number of carbonyl (C=O) groups is 3. The summed E-state index contributed by atoms with van der Waals surface area (Å²) in [6.45, 7) is 3.14. The van der Waals surface area contributed by atoms with Gasteiger partial charge in [0.2, 0.25) is 5.91 Å². The van der Waals surface area contributed by atoms with Gasteiger partial charge in [0.05, 0.1) is 13.1 Å². The van der Waals surface area contributed by atoms with Crippen LogP contribution in [-0.2, 0) is 14.3 Å². The van der Waals surface area contributed by atoms with E-state index in [4.69, 9.17) is 4.74 Å². The first-order valence-corrected chi connectivity index (χ1v) is 8.72. The number of nitrogens with one attached hydrogen (secondary N) is 3. The number of anilines is 1. The van der Waals surface area contributed by atoms with Crippen molar-refractivity contribution >= 4 is 23.6 Å². The van der Waals surface area contributed by atoms with Crippen molar-refractivity contribution in [3.63, 3.8) is 0 Å². The molecule has 1 aromatic carbocycles.